The van der Waals surface area contributed by atoms with Gasteiger partial charge in [-0.25, -0.2) is 0 Å². The van der Waals surface area contributed by atoms with Crippen LogP contribution in [0.3, 0.4) is 0 Å². The summed E-state index contributed by atoms with van der Waals surface area (Å²) in [6, 6.07) is 0. The zero-order chi connectivity index (χ0) is 8.16. The molecule has 0 saturated carbocycles. The van der Waals surface area contributed by atoms with Gasteiger partial charge in [0, 0.05) is 0 Å². The molecule has 1 aliphatic heterocycles. The van der Waals surface area contributed by atoms with Gasteiger partial charge >= 0.3 is 81.3 Å². The van der Waals surface area contributed by atoms with Crippen molar-refractivity contribution < 1.29 is 0 Å². The van der Waals surface area contributed by atoms with E-state index >= 15 is 0 Å². The summed E-state index contributed by atoms with van der Waals surface area (Å²) in [4.78, 5) is 0. The van der Waals surface area contributed by atoms with Crippen molar-refractivity contribution in [2.45, 2.75) is 47.5 Å². The van der Waals surface area contributed by atoms with Crippen molar-refractivity contribution in [1.29, 1.82) is 0 Å². The van der Waals surface area contributed by atoms with E-state index in [0.717, 1.165) is 0 Å². The first-order valence-electron chi connectivity index (χ1n) is 4.39. The van der Waals surface area contributed by atoms with E-state index in [9.17, 15) is 0 Å². The van der Waals surface area contributed by atoms with Crippen LogP contribution < -0.4 is 0 Å². The first-order chi connectivity index (χ1) is 5.21. The van der Waals surface area contributed by atoms with Crippen molar-refractivity contribution in [2.24, 2.45) is 0 Å². The Morgan fingerprint density at radius 1 is 0.636 bits per heavy atom. The Hall–Kier alpha value is 1.37. The zero-order valence-electron chi connectivity index (χ0n) is 6.82. The van der Waals surface area contributed by atoms with E-state index in [1.807, 2.05) is 0 Å². The summed E-state index contributed by atoms with van der Waals surface area (Å²) in [5.74, 6) is 0. The van der Waals surface area contributed by atoms with Crippen LogP contribution in [-0.4, -0.2) is 15.9 Å². The van der Waals surface area contributed by atoms with E-state index in [1.165, 1.54) is 47.5 Å². The first-order valence-corrected chi connectivity index (χ1v) is 13.6. The van der Waals surface area contributed by atoms with Gasteiger partial charge in [-0.3, -0.25) is 0 Å². The molecule has 0 N–H and O–H groups in total. The number of halogens is 2. The molecule has 3 heteroatoms. The van der Waals surface area contributed by atoms with E-state index in [-0.39, 0.29) is 0 Å². The van der Waals surface area contributed by atoms with Crippen LogP contribution in [0.15, 0.2) is 0 Å². The molecular weight excluding hydrogens is 295 g/mol. The Morgan fingerprint density at radius 3 is 1.45 bits per heavy atom. The molecule has 0 aromatic heterocycles. The molecule has 0 unspecified atom stereocenters. The molecule has 1 fully saturated rings. The summed E-state index contributed by atoms with van der Waals surface area (Å²) < 4.78 is 2.34. The Labute approximate surface area is 80.9 Å². The normalized spacial score (nSPS) is 29.6. The fourth-order valence-corrected chi connectivity index (χ4v) is 8.52. The minimum atomic E-state index is -2.26. The molecule has 68 valence electrons. The topological polar surface area (TPSA) is 0 Å². The van der Waals surface area contributed by atoms with Crippen LogP contribution >= 0.6 is 17.9 Å². The van der Waals surface area contributed by atoms with Gasteiger partial charge in [0.2, 0.25) is 0 Å². The van der Waals surface area contributed by atoms with Crippen LogP contribution in [0.1, 0.15) is 38.5 Å². The first kappa shape index (κ1) is 10.5. The molecule has 11 heavy (non-hydrogen) atoms. The van der Waals surface area contributed by atoms with Gasteiger partial charge in [0.1, 0.15) is 0 Å². The van der Waals surface area contributed by atoms with Crippen LogP contribution in [0.4, 0.5) is 0 Å². The van der Waals surface area contributed by atoms with Crippen LogP contribution in [-0.2, 0) is 0 Å². The molecule has 0 aliphatic carbocycles. The van der Waals surface area contributed by atoms with Crippen LogP contribution in [0.2, 0.25) is 8.94 Å². The Balaban J connectivity index is 2.31. The fourth-order valence-electron chi connectivity index (χ4n) is 1.44. The van der Waals surface area contributed by atoms with Crippen LogP contribution in [0.5, 0.6) is 0 Å². The molecule has 1 saturated heterocycles. The second-order valence-electron chi connectivity index (χ2n) is 3.23. The quantitative estimate of drug-likeness (QED) is 0.586. The molecular formula is C8H16Cl2Te. The van der Waals surface area contributed by atoms with Crippen LogP contribution in [0.25, 0.3) is 0 Å². The molecule has 0 spiro atoms. The number of hydrogen-bond acceptors (Lipinski definition) is 0. The summed E-state index contributed by atoms with van der Waals surface area (Å²) >= 11 is -2.26. The average Bonchev–Trinajstić information content (AvgIpc) is 2.00. The second kappa shape index (κ2) is 5.18. The van der Waals surface area contributed by atoms with Crippen molar-refractivity contribution in [3.05, 3.63) is 0 Å². The third-order valence-electron chi connectivity index (χ3n) is 2.14. The summed E-state index contributed by atoms with van der Waals surface area (Å²) in [5, 5.41) is 0. The van der Waals surface area contributed by atoms with Crippen molar-refractivity contribution in [2.75, 3.05) is 0 Å². The summed E-state index contributed by atoms with van der Waals surface area (Å²) in [5.41, 5.74) is 0. The number of hydrogen-bond donors (Lipinski definition) is 0. The predicted molar refractivity (Wildman–Crippen MR) is 54.8 cm³/mol. The SMILES string of the molecule is Cl[Te]1(Cl)CCCCCCCC1. The third kappa shape index (κ3) is 4.83. The molecule has 0 aromatic rings. The summed E-state index contributed by atoms with van der Waals surface area (Å²) in [7, 11) is 12.6. The van der Waals surface area contributed by atoms with Gasteiger partial charge in [-0.15, -0.1) is 0 Å². The van der Waals surface area contributed by atoms with Gasteiger partial charge in [-0.1, -0.05) is 0 Å². The van der Waals surface area contributed by atoms with Gasteiger partial charge in [-0.2, -0.15) is 0 Å². The van der Waals surface area contributed by atoms with E-state index in [2.05, 4.69) is 0 Å². The third-order valence-corrected chi connectivity index (χ3v) is 11.3. The van der Waals surface area contributed by atoms with E-state index in [1.54, 1.807) is 0 Å². The van der Waals surface area contributed by atoms with Crippen molar-refractivity contribution in [1.82, 2.24) is 0 Å². The molecule has 0 radical (unpaired) electrons. The van der Waals surface area contributed by atoms with E-state index in [4.69, 9.17) is 17.9 Å². The molecule has 0 atom stereocenters. The zero-order valence-corrected chi connectivity index (χ0v) is 10.7. The van der Waals surface area contributed by atoms with Crippen LogP contribution in [0, 0.1) is 0 Å². The monoisotopic (exact) mass is 312 g/mol. The maximum atomic E-state index is 6.28. The molecule has 0 nitrogen and oxygen atoms in total. The Bertz CT molecular complexity index is 103. The summed E-state index contributed by atoms with van der Waals surface area (Å²) in [6.07, 6.45) is 8.07. The van der Waals surface area contributed by atoms with Gasteiger partial charge < -0.3 is 0 Å². The summed E-state index contributed by atoms with van der Waals surface area (Å²) in [6.45, 7) is 0. The van der Waals surface area contributed by atoms with Gasteiger partial charge in [-0.05, 0) is 0 Å². The van der Waals surface area contributed by atoms with E-state index < -0.39 is 15.9 Å². The van der Waals surface area contributed by atoms with Crippen molar-refractivity contribution in [3.8, 4) is 0 Å². The minimum absolute atomic E-state index is 1.17. The van der Waals surface area contributed by atoms with E-state index in [0.29, 0.717) is 0 Å². The van der Waals surface area contributed by atoms with Gasteiger partial charge in [0.25, 0.3) is 0 Å². The molecule has 1 aliphatic rings. The van der Waals surface area contributed by atoms with Gasteiger partial charge in [0.15, 0.2) is 0 Å². The van der Waals surface area contributed by atoms with Crippen molar-refractivity contribution in [3.63, 3.8) is 0 Å². The molecule has 1 rings (SSSR count). The van der Waals surface area contributed by atoms with Crippen molar-refractivity contribution >= 4 is 33.9 Å². The Morgan fingerprint density at radius 2 is 1.00 bits per heavy atom. The molecule has 1 heterocycles. The molecule has 0 bridgehead atoms. The molecule has 0 aromatic carbocycles. The van der Waals surface area contributed by atoms with Gasteiger partial charge in [0.05, 0.1) is 0 Å². The average molecular weight is 311 g/mol. The standard InChI is InChI=1S/C8H16Cl2Te/c9-11(10)7-5-3-1-2-4-6-8-11/h1-8H2. The fraction of sp³-hybridized carbons (Fsp3) is 1.00. The predicted octanol–water partition coefficient (Wildman–Crippen LogP) is 4.26. The Kier molecular flexibility index (Phi) is 4.92. The second-order valence-corrected chi connectivity index (χ2v) is 18.5. The maximum absolute atomic E-state index is 6.28. The number of rotatable bonds is 0. The molecule has 0 amide bonds.